The fourth-order valence-electron chi connectivity index (χ4n) is 9.54. The van der Waals surface area contributed by atoms with Crippen LogP contribution in [0.5, 0.6) is 0 Å². The predicted octanol–water partition coefficient (Wildman–Crippen LogP) is 9.94. The van der Waals surface area contributed by atoms with Gasteiger partial charge < -0.3 is 38.2 Å². The number of unbranched alkanes of at least 4 members (excludes halogenated alkanes) is 1. The molecule has 0 saturated carbocycles. The van der Waals surface area contributed by atoms with E-state index < -0.39 is 62.9 Å². The maximum Gasteiger partial charge on any atom is 0.407 e. The summed E-state index contributed by atoms with van der Waals surface area (Å²) in [7, 11) is -2.26. The number of benzene rings is 3. The third-order valence-electron chi connectivity index (χ3n) is 12.2. The second-order valence-corrected chi connectivity index (χ2v) is 22.9. The Labute approximate surface area is 355 Å². The monoisotopic (exact) mass is 842 g/mol. The Kier molecular flexibility index (Phi) is 15.1. The van der Waals surface area contributed by atoms with E-state index >= 15 is 0 Å². The second-order valence-electron chi connectivity index (χ2n) is 17.4. The van der Waals surface area contributed by atoms with E-state index in [9.17, 15) is 15.1 Å². The Morgan fingerprint density at radius 3 is 2.03 bits per heavy atom. The number of fused-ring (bicyclic) bond motifs is 4. The van der Waals surface area contributed by atoms with Crippen LogP contribution in [0.4, 0.5) is 4.79 Å². The van der Waals surface area contributed by atoms with Gasteiger partial charge in [-0.3, -0.25) is 0 Å². The summed E-state index contributed by atoms with van der Waals surface area (Å²) in [4.78, 5) is 30.0. The van der Waals surface area contributed by atoms with Crippen LogP contribution >= 0.6 is 0 Å². The van der Waals surface area contributed by atoms with Crippen molar-refractivity contribution in [3.8, 4) is 11.1 Å². The number of amides is 1. The summed E-state index contributed by atoms with van der Waals surface area (Å²) in [5.41, 5.74) is 16.0. The van der Waals surface area contributed by atoms with Gasteiger partial charge in [-0.15, -0.1) is 0 Å². The fourth-order valence-corrected chi connectivity index (χ4v) is 15.0. The van der Waals surface area contributed by atoms with Gasteiger partial charge >= 0.3 is 12.1 Å². The van der Waals surface area contributed by atoms with E-state index in [0.29, 0.717) is 36.1 Å². The summed E-state index contributed by atoms with van der Waals surface area (Å²) in [5.74, 6) is -1.62. The number of azide groups is 1. The number of nitrogens with one attached hydrogen (secondary N) is 1. The van der Waals surface area contributed by atoms with Gasteiger partial charge in [-0.1, -0.05) is 126 Å². The molecule has 1 N–H and O–H groups in total. The third-order valence-corrected chi connectivity index (χ3v) is 18.2. The lowest BCUT2D eigenvalue weighted by Crippen LogP contribution is -2.59. The number of hydrogen-bond donors (Lipinski definition) is 1. The van der Waals surface area contributed by atoms with Crippen molar-refractivity contribution in [3.05, 3.63) is 106 Å². The lowest BCUT2D eigenvalue weighted by molar-refractivity contribution is -0.245. The molecule has 1 aliphatic carbocycles. The molecule has 0 bridgehead atoms. The first-order chi connectivity index (χ1) is 28.8. The zero-order chi connectivity index (χ0) is 43.0. The van der Waals surface area contributed by atoms with Crippen LogP contribution in [0.3, 0.4) is 0 Å². The highest BCUT2D eigenvalue weighted by molar-refractivity contribution is 6.77. The number of carbonyl (C=O) groups excluding carboxylic acids is 2. The van der Waals surface area contributed by atoms with E-state index in [2.05, 4.69) is 81.2 Å². The molecule has 3 aromatic rings. The molecule has 3 aromatic carbocycles. The van der Waals surface area contributed by atoms with E-state index in [1.807, 2.05) is 68.4 Å². The number of hydrogen-bond acceptors (Lipinski definition) is 10. The molecule has 3 aliphatic rings. The molecule has 2 aliphatic heterocycles. The SMILES string of the molecule is CC(C)[Si](OC[C@H]1O[C@@H](OCCCC[C@H](NC(=O)OCC2c3ccccc3-c3ccccc32)C(=O)OCc2ccccc2)[C@H](N=[N+]=[N-])[C@H]2OC(C)(C)O[C@H]21)(C(C)C)C(C)C. The van der Waals surface area contributed by atoms with Gasteiger partial charge in [-0.2, -0.15) is 0 Å². The topological polar surface area (TPSA) is 160 Å². The van der Waals surface area contributed by atoms with Crippen LogP contribution in [0.2, 0.25) is 16.6 Å². The maximum atomic E-state index is 13.5. The third kappa shape index (κ3) is 10.2. The van der Waals surface area contributed by atoms with E-state index in [1.54, 1.807) is 0 Å². The van der Waals surface area contributed by atoms with E-state index in [4.69, 9.17) is 32.8 Å². The average molecular weight is 843 g/mol. The molecule has 1 amide bonds. The molecular formula is C46H62N4O9Si. The molecule has 0 unspecified atom stereocenters. The molecule has 324 valence electrons. The largest absolute Gasteiger partial charge is 0.459 e. The van der Waals surface area contributed by atoms with Gasteiger partial charge in [0.2, 0.25) is 0 Å². The summed E-state index contributed by atoms with van der Waals surface area (Å²) in [6, 6.07) is 23.8. The first-order valence-corrected chi connectivity index (χ1v) is 23.5. The van der Waals surface area contributed by atoms with Crippen LogP contribution < -0.4 is 5.32 Å². The zero-order valence-corrected chi connectivity index (χ0v) is 37.2. The molecule has 2 heterocycles. The molecule has 60 heavy (non-hydrogen) atoms. The molecule has 6 atom stereocenters. The normalized spacial score (nSPS) is 22.5. The van der Waals surface area contributed by atoms with Gasteiger partial charge in [-0.05, 0) is 83.1 Å². The summed E-state index contributed by atoms with van der Waals surface area (Å²) < 4.78 is 44.0. The number of esters is 1. The summed E-state index contributed by atoms with van der Waals surface area (Å²) in [5, 5.41) is 6.85. The second kappa shape index (κ2) is 20.1. The average Bonchev–Trinajstić information content (AvgIpc) is 3.73. The summed E-state index contributed by atoms with van der Waals surface area (Å²) in [6.45, 7) is 17.8. The van der Waals surface area contributed by atoms with Crippen LogP contribution in [0.1, 0.15) is 97.3 Å². The van der Waals surface area contributed by atoms with Crippen molar-refractivity contribution >= 4 is 20.4 Å². The minimum atomic E-state index is -2.26. The van der Waals surface area contributed by atoms with Gasteiger partial charge in [-0.25, -0.2) is 9.59 Å². The van der Waals surface area contributed by atoms with Crippen LogP contribution in [0.25, 0.3) is 21.6 Å². The van der Waals surface area contributed by atoms with Crippen molar-refractivity contribution in [1.82, 2.24) is 5.32 Å². The van der Waals surface area contributed by atoms with Crippen molar-refractivity contribution in [2.75, 3.05) is 19.8 Å². The first kappa shape index (κ1) is 45.3. The van der Waals surface area contributed by atoms with Crippen LogP contribution in [-0.2, 0) is 44.2 Å². The van der Waals surface area contributed by atoms with Crippen LogP contribution in [0, 0.1) is 0 Å². The highest BCUT2D eigenvalue weighted by Crippen LogP contribution is 2.46. The smallest absolute Gasteiger partial charge is 0.407 e. The number of alkyl carbamates (subject to hydrolysis) is 1. The van der Waals surface area contributed by atoms with Gasteiger partial charge in [0.1, 0.15) is 43.6 Å². The van der Waals surface area contributed by atoms with Crippen molar-refractivity contribution in [1.29, 1.82) is 0 Å². The number of carbonyl (C=O) groups is 2. The van der Waals surface area contributed by atoms with Crippen molar-refractivity contribution in [2.24, 2.45) is 5.11 Å². The predicted molar refractivity (Wildman–Crippen MR) is 230 cm³/mol. The zero-order valence-electron chi connectivity index (χ0n) is 36.2. The Bertz CT molecular complexity index is 1890. The minimum Gasteiger partial charge on any atom is -0.459 e. The lowest BCUT2D eigenvalue weighted by Gasteiger charge is -2.45. The van der Waals surface area contributed by atoms with Crippen molar-refractivity contribution in [2.45, 2.75) is 146 Å². The number of ether oxygens (including phenoxy) is 6. The summed E-state index contributed by atoms with van der Waals surface area (Å²) >= 11 is 0. The minimum absolute atomic E-state index is 0.0657. The number of rotatable bonds is 19. The first-order valence-electron chi connectivity index (χ1n) is 21.4. The van der Waals surface area contributed by atoms with Crippen LogP contribution in [-0.4, -0.2) is 82.7 Å². The van der Waals surface area contributed by atoms with Crippen molar-refractivity contribution < 1.29 is 42.4 Å². The van der Waals surface area contributed by atoms with Gasteiger partial charge in [0.15, 0.2) is 20.4 Å². The van der Waals surface area contributed by atoms with E-state index in [-0.39, 0.29) is 32.2 Å². The van der Waals surface area contributed by atoms with Crippen molar-refractivity contribution in [3.63, 3.8) is 0 Å². The van der Waals surface area contributed by atoms with Gasteiger partial charge in [0.25, 0.3) is 0 Å². The molecular weight excluding hydrogens is 781 g/mol. The van der Waals surface area contributed by atoms with E-state index in [1.165, 1.54) is 0 Å². The Hall–Kier alpha value is -4.27. The molecule has 6 rings (SSSR count). The van der Waals surface area contributed by atoms with Gasteiger partial charge in [0, 0.05) is 17.4 Å². The highest BCUT2D eigenvalue weighted by atomic mass is 28.4. The van der Waals surface area contributed by atoms with Gasteiger partial charge in [0.05, 0.1) is 6.61 Å². The Balaban J connectivity index is 1.09. The number of nitrogens with zero attached hydrogens (tertiary/aromatic N) is 3. The lowest BCUT2D eigenvalue weighted by atomic mass is 9.98. The van der Waals surface area contributed by atoms with Crippen LogP contribution in [0.15, 0.2) is 84.0 Å². The maximum absolute atomic E-state index is 13.5. The molecule has 14 heteroatoms. The fraction of sp³-hybridized carbons (Fsp3) is 0.565. The molecule has 0 radical (unpaired) electrons. The quantitative estimate of drug-likeness (QED) is 0.0310. The molecule has 2 fully saturated rings. The Morgan fingerprint density at radius 2 is 1.42 bits per heavy atom. The highest BCUT2D eigenvalue weighted by Gasteiger charge is 2.56. The molecule has 0 aromatic heterocycles. The Morgan fingerprint density at radius 1 is 0.817 bits per heavy atom. The summed E-state index contributed by atoms with van der Waals surface area (Å²) in [6.07, 6.45) is -2.03. The standard InChI is InChI=1S/C46H62N4O9Si/c1-29(2)60(30(3)4,31(5)6)56-28-39-41-42(59-46(7,8)58-41)40(49-50-47)44(57-39)53-25-17-16-24-38(43(51)54-26-32-18-10-9-11-19-32)48-45(52)55-27-37-35-22-14-12-20-33(35)34-21-13-15-23-36(34)37/h9-15,18-23,29-31,37-42,44H,16-17,24-28H2,1-8H3,(H,48,52)/t38-,39+,40+,41-,42+,44+/m0/s1. The molecule has 13 nitrogen and oxygen atoms in total. The molecule has 0 spiro atoms. The molecule has 2 saturated heterocycles. The van der Waals surface area contributed by atoms with E-state index in [0.717, 1.165) is 27.8 Å².